The van der Waals surface area contributed by atoms with Crippen LogP contribution >= 0.6 is 11.6 Å². The average molecular weight is 253 g/mol. The molecule has 0 aromatic heterocycles. The number of nitrogens with zero attached hydrogens (tertiary/aromatic N) is 1. The molecule has 1 aliphatic carbocycles. The third-order valence-electron chi connectivity index (χ3n) is 3.62. The molecule has 17 heavy (non-hydrogen) atoms. The van der Waals surface area contributed by atoms with Gasteiger partial charge in [-0.05, 0) is 50.9 Å². The van der Waals surface area contributed by atoms with E-state index < -0.39 is 0 Å². The third-order valence-corrected chi connectivity index (χ3v) is 3.85. The lowest BCUT2D eigenvalue weighted by Crippen LogP contribution is -2.34. The van der Waals surface area contributed by atoms with Gasteiger partial charge in [-0.2, -0.15) is 0 Å². The number of rotatable bonds is 6. The lowest BCUT2D eigenvalue weighted by molar-refractivity contribution is 0.243. The first-order valence-electron chi connectivity index (χ1n) is 6.36. The van der Waals surface area contributed by atoms with Crippen LogP contribution in [0.4, 0.5) is 5.69 Å². The van der Waals surface area contributed by atoms with Crippen LogP contribution in [0, 0.1) is 5.92 Å². The van der Waals surface area contributed by atoms with Crippen molar-refractivity contribution in [3.05, 3.63) is 29.3 Å². The smallest absolute Gasteiger partial charge is 0.0426 e. The number of benzene rings is 1. The number of anilines is 1. The standard InChI is InChI=1S/C14H21ClN2/c1-11(12-6-7-12)17(2)9-8-16-14-5-3-4-13(15)10-14/h3-5,10-12,16H,6-9H2,1-2H3. The van der Waals surface area contributed by atoms with Gasteiger partial charge in [-0.25, -0.2) is 0 Å². The van der Waals surface area contributed by atoms with E-state index in [1.807, 2.05) is 18.2 Å². The van der Waals surface area contributed by atoms with Crippen molar-refractivity contribution in [1.29, 1.82) is 0 Å². The molecule has 0 bridgehead atoms. The van der Waals surface area contributed by atoms with Crippen LogP contribution in [0.1, 0.15) is 19.8 Å². The summed E-state index contributed by atoms with van der Waals surface area (Å²) in [7, 11) is 2.21. The Labute approximate surface area is 109 Å². The molecule has 0 radical (unpaired) electrons. The van der Waals surface area contributed by atoms with Gasteiger partial charge in [0.1, 0.15) is 0 Å². The van der Waals surface area contributed by atoms with Gasteiger partial charge in [-0.15, -0.1) is 0 Å². The summed E-state index contributed by atoms with van der Waals surface area (Å²) in [6, 6.07) is 8.60. The zero-order chi connectivity index (χ0) is 12.3. The summed E-state index contributed by atoms with van der Waals surface area (Å²) >= 11 is 5.94. The van der Waals surface area contributed by atoms with Crippen molar-refractivity contribution in [2.75, 3.05) is 25.5 Å². The largest absolute Gasteiger partial charge is 0.384 e. The molecule has 0 spiro atoms. The highest BCUT2D eigenvalue weighted by molar-refractivity contribution is 6.30. The second-order valence-corrected chi connectivity index (χ2v) is 5.43. The minimum atomic E-state index is 0.719. The maximum absolute atomic E-state index is 5.94. The van der Waals surface area contributed by atoms with Crippen LogP contribution in [-0.2, 0) is 0 Å². The Hall–Kier alpha value is -0.730. The van der Waals surface area contributed by atoms with Crippen molar-refractivity contribution in [2.24, 2.45) is 5.92 Å². The van der Waals surface area contributed by atoms with Crippen LogP contribution in [0.25, 0.3) is 0 Å². The van der Waals surface area contributed by atoms with Gasteiger partial charge >= 0.3 is 0 Å². The van der Waals surface area contributed by atoms with Crippen LogP contribution in [0.3, 0.4) is 0 Å². The molecule has 1 atom stereocenters. The summed E-state index contributed by atoms with van der Waals surface area (Å²) in [5.74, 6) is 0.936. The third kappa shape index (κ3) is 3.90. The molecule has 0 aliphatic heterocycles. The minimum Gasteiger partial charge on any atom is -0.384 e. The first-order chi connectivity index (χ1) is 8.16. The lowest BCUT2D eigenvalue weighted by Gasteiger charge is -2.24. The minimum absolute atomic E-state index is 0.719. The zero-order valence-electron chi connectivity index (χ0n) is 10.6. The summed E-state index contributed by atoms with van der Waals surface area (Å²) in [5, 5.41) is 4.19. The van der Waals surface area contributed by atoms with E-state index in [-0.39, 0.29) is 0 Å². The first kappa shape index (κ1) is 12.7. The van der Waals surface area contributed by atoms with Crippen molar-refractivity contribution in [1.82, 2.24) is 4.90 Å². The maximum atomic E-state index is 5.94. The topological polar surface area (TPSA) is 15.3 Å². The summed E-state index contributed by atoms with van der Waals surface area (Å²) < 4.78 is 0. The maximum Gasteiger partial charge on any atom is 0.0426 e. The molecular weight excluding hydrogens is 232 g/mol. The van der Waals surface area contributed by atoms with E-state index in [9.17, 15) is 0 Å². The number of hydrogen-bond donors (Lipinski definition) is 1. The van der Waals surface area contributed by atoms with Crippen LogP contribution in [0.15, 0.2) is 24.3 Å². The highest BCUT2D eigenvalue weighted by Crippen LogP contribution is 2.34. The Morgan fingerprint density at radius 1 is 1.47 bits per heavy atom. The number of hydrogen-bond acceptors (Lipinski definition) is 2. The average Bonchev–Trinajstić information content (AvgIpc) is 3.12. The van der Waals surface area contributed by atoms with E-state index in [0.717, 1.165) is 35.8 Å². The molecule has 3 heteroatoms. The van der Waals surface area contributed by atoms with Crippen LogP contribution in [0.5, 0.6) is 0 Å². The molecule has 1 unspecified atom stereocenters. The van der Waals surface area contributed by atoms with Gasteiger partial charge in [0.2, 0.25) is 0 Å². The molecule has 1 aromatic rings. The fourth-order valence-electron chi connectivity index (χ4n) is 2.12. The monoisotopic (exact) mass is 252 g/mol. The van der Waals surface area contributed by atoms with Gasteiger partial charge in [0.15, 0.2) is 0 Å². The molecule has 1 N–H and O–H groups in total. The molecular formula is C14H21ClN2. The zero-order valence-corrected chi connectivity index (χ0v) is 11.4. The molecule has 1 fully saturated rings. The second-order valence-electron chi connectivity index (χ2n) is 5.00. The number of likely N-dealkylation sites (N-methyl/N-ethyl adjacent to an activating group) is 1. The van der Waals surface area contributed by atoms with E-state index in [1.165, 1.54) is 12.8 Å². The molecule has 2 rings (SSSR count). The molecule has 1 saturated carbocycles. The van der Waals surface area contributed by atoms with Gasteiger partial charge in [-0.1, -0.05) is 17.7 Å². The molecule has 2 nitrogen and oxygen atoms in total. The highest BCUT2D eigenvalue weighted by Gasteiger charge is 2.29. The molecule has 0 amide bonds. The van der Waals surface area contributed by atoms with Gasteiger partial charge in [-0.3, -0.25) is 0 Å². The van der Waals surface area contributed by atoms with Crippen molar-refractivity contribution in [2.45, 2.75) is 25.8 Å². The summed E-state index contributed by atoms with van der Waals surface area (Å²) in [6.45, 7) is 4.37. The van der Waals surface area contributed by atoms with Crippen LogP contribution < -0.4 is 5.32 Å². The van der Waals surface area contributed by atoms with Crippen molar-refractivity contribution in [3.8, 4) is 0 Å². The quantitative estimate of drug-likeness (QED) is 0.834. The van der Waals surface area contributed by atoms with E-state index in [4.69, 9.17) is 11.6 Å². The Kier molecular flexibility index (Phi) is 4.30. The molecule has 1 aliphatic rings. The van der Waals surface area contributed by atoms with Crippen molar-refractivity contribution >= 4 is 17.3 Å². The Bertz CT molecular complexity index is 363. The molecule has 0 saturated heterocycles. The first-order valence-corrected chi connectivity index (χ1v) is 6.74. The number of halogens is 1. The van der Waals surface area contributed by atoms with Crippen molar-refractivity contribution < 1.29 is 0 Å². The predicted octanol–water partition coefficient (Wildman–Crippen LogP) is 3.48. The summed E-state index contributed by atoms with van der Waals surface area (Å²) in [4.78, 5) is 2.44. The van der Waals surface area contributed by atoms with Gasteiger partial charge < -0.3 is 10.2 Å². The van der Waals surface area contributed by atoms with E-state index >= 15 is 0 Å². The molecule has 94 valence electrons. The molecule has 1 aromatic carbocycles. The van der Waals surface area contributed by atoms with Crippen LogP contribution in [-0.4, -0.2) is 31.1 Å². The van der Waals surface area contributed by atoms with Crippen LogP contribution in [0.2, 0.25) is 5.02 Å². The highest BCUT2D eigenvalue weighted by atomic mass is 35.5. The Morgan fingerprint density at radius 2 is 2.24 bits per heavy atom. The number of nitrogens with one attached hydrogen (secondary N) is 1. The summed E-state index contributed by atoms with van der Waals surface area (Å²) in [5.41, 5.74) is 1.10. The van der Waals surface area contributed by atoms with Crippen molar-refractivity contribution in [3.63, 3.8) is 0 Å². The fraction of sp³-hybridized carbons (Fsp3) is 0.571. The van der Waals surface area contributed by atoms with E-state index in [2.05, 4.69) is 30.3 Å². The lowest BCUT2D eigenvalue weighted by atomic mass is 10.2. The summed E-state index contributed by atoms with van der Waals surface area (Å²) in [6.07, 6.45) is 2.82. The Morgan fingerprint density at radius 3 is 2.88 bits per heavy atom. The predicted molar refractivity (Wildman–Crippen MR) is 74.8 cm³/mol. The molecule has 0 heterocycles. The van der Waals surface area contributed by atoms with E-state index in [1.54, 1.807) is 0 Å². The van der Waals surface area contributed by atoms with Gasteiger partial charge in [0.05, 0.1) is 0 Å². The van der Waals surface area contributed by atoms with E-state index in [0.29, 0.717) is 0 Å². The Balaban J connectivity index is 1.71. The second kappa shape index (κ2) is 5.74. The SMILES string of the molecule is CC(C1CC1)N(C)CCNc1cccc(Cl)c1. The van der Waals surface area contributed by atoms with Gasteiger partial charge in [0.25, 0.3) is 0 Å². The van der Waals surface area contributed by atoms with Gasteiger partial charge in [0, 0.05) is 29.8 Å². The normalized spacial score (nSPS) is 17.2. The fourth-order valence-corrected chi connectivity index (χ4v) is 2.31.